The van der Waals surface area contributed by atoms with Crippen molar-refractivity contribution in [2.75, 3.05) is 7.11 Å². The molecule has 1 aromatic carbocycles. The van der Waals surface area contributed by atoms with Crippen LogP contribution < -0.4 is 10.1 Å². The van der Waals surface area contributed by atoms with Crippen molar-refractivity contribution in [2.24, 2.45) is 0 Å². The number of thiophene rings is 1. The van der Waals surface area contributed by atoms with Gasteiger partial charge >= 0.3 is 0 Å². The molecule has 3 aromatic heterocycles. The summed E-state index contributed by atoms with van der Waals surface area (Å²) in [6, 6.07) is 11.3. The van der Waals surface area contributed by atoms with Gasteiger partial charge in [-0.1, -0.05) is 0 Å². The number of carbonyl (C=O) groups is 1. The molecule has 0 saturated carbocycles. The molecule has 7 nitrogen and oxygen atoms in total. The van der Waals surface area contributed by atoms with Gasteiger partial charge in [-0.15, -0.1) is 16.4 Å². The highest BCUT2D eigenvalue weighted by molar-refractivity contribution is 7.14. The lowest BCUT2D eigenvalue weighted by Gasteiger charge is -2.09. The van der Waals surface area contributed by atoms with Crippen molar-refractivity contribution < 1.29 is 9.53 Å². The van der Waals surface area contributed by atoms with Gasteiger partial charge in [0.05, 0.1) is 23.7 Å². The summed E-state index contributed by atoms with van der Waals surface area (Å²) in [7, 11) is 1.64. The van der Waals surface area contributed by atoms with Gasteiger partial charge in [0.1, 0.15) is 12.1 Å². The Morgan fingerprint density at radius 1 is 1.23 bits per heavy atom. The third-order valence-electron chi connectivity index (χ3n) is 5.34. The van der Waals surface area contributed by atoms with Crippen LogP contribution in [0.15, 0.2) is 42.7 Å². The van der Waals surface area contributed by atoms with Crippen LogP contribution in [0.25, 0.3) is 16.9 Å². The molecule has 1 N–H and O–H groups in total. The van der Waals surface area contributed by atoms with Crippen LogP contribution in [-0.4, -0.2) is 32.6 Å². The van der Waals surface area contributed by atoms with Gasteiger partial charge in [-0.2, -0.15) is 0 Å². The first-order valence-corrected chi connectivity index (χ1v) is 10.7. The summed E-state index contributed by atoms with van der Waals surface area (Å²) in [6.45, 7) is 1.89. The van der Waals surface area contributed by atoms with E-state index in [1.807, 2.05) is 43.3 Å². The second-order valence-corrected chi connectivity index (χ2v) is 8.52. The Morgan fingerprint density at radius 3 is 2.83 bits per heavy atom. The molecule has 30 heavy (non-hydrogen) atoms. The Labute approximate surface area is 177 Å². The number of methoxy groups -OCH3 is 1. The van der Waals surface area contributed by atoms with E-state index in [1.54, 1.807) is 29.3 Å². The zero-order valence-electron chi connectivity index (χ0n) is 16.8. The molecular formula is C22H21N5O2S. The molecule has 1 atom stereocenters. The molecule has 8 heteroatoms. The van der Waals surface area contributed by atoms with Crippen molar-refractivity contribution >= 4 is 22.9 Å². The number of benzene rings is 1. The third kappa shape index (κ3) is 3.43. The van der Waals surface area contributed by atoms with Crippen molar-refractivity contribution in [3.63, 3.8) is 0 Å². The van der Waals surface area contributed by atoms with Gasteiger partial charge < -0.3 is 10.1 Å². The fourth-order valence-corrected chi connectivity index (χ4v) is 4.85. The number of fused-ring (bicyclic) bond motifs is 2. The number of ether oxygens (including phenoxy) is 1. The van der Waals surface area contributed by atoms with Gasteiger partial charge in [0.25, 0.3) is 5.91 Å². The Hall–Kier alpha value is -3.26. The Kier molecular flexibility index (Phi) is 4.71. The molecule has 1 amide bonds. The summed E-state index contributed by atoms with van der Waals surface area (Å²) in [5.74, 6) is 1.28. The molecule has 0 bridgehead atoms. The van der Waals surface area contributed by atoms with Crippen molar-refractivity contribution in [2.45, 2.75) is 32.2 Å². The lowest BCUT2D eigenvalue weighted by Crippen LogP contribution is -2.26. The topological polar surface area (TPSA) is 81.4 Å². The van der Waals surface area contributed by atoms with Gasteiger partial charge in [-0.25, -0.2) is 14.5 Å². The number of hydrogen-bond acceptors (Lipinski definition) is 6. The molecule has 5 rings (SSSR count). The van der Waals surface area contributed by atoms with Crippen LogP contribution in [0, 0.1) is 0 Å². The average molecular weight is 420 g/mol. The number of nitrogens with one attached hydrogen (secondary N) is 1. The summed E-state index contributed by atoms with van der Waals surface area (Å²) in [5, 5.41) is 7.50. The predicted molar refractivity (Wildman–Crippen MR) is 115 cm³/mol. The van der Waals surface area contributed by atoms with E-state index < -0.39 is 0 Å². The van der Waals surface area contributed by atoms with Crippen LogP contribution in [0.4, 0.5) is 0 Å². The molecule has 0 unspecified atom stereocenters. The fourth-order valence-electron chi connectivity index (χ4n) is 3.69. The van der Waals surface area contributed by atoms with Crippen LogP contribution >= 0.6 is 11.3 Å². The smallest absolute Gasteiger partial charge is 0.261 e. The highest BCUT2D eigenvalue weighted by Crippen LogP contribution is 2.30. The van der Waals surface area contributed by atoms with E-state index in [4.69, 9.17) is 4.74 Å². The number of nitrogens with zero attached hydrogens (tertiary/aromatic N) is 4. The SMILES string of the molecule is COc1ccc(-c2cc3nc([C@H](C)NC(=O)c4cc5c(s4)CCC5)nn3cn2)cc1. The van der Waals surface area contributed by atoms with E-state index in [-0.39, 0.29) is 11.9 Å². The largest absolute Gasteiger partial charge is 0.497 e. The monoisotopic (exact) mass is 419 g/mol. The minimum Gasteiger partial charge on any atom is -0.497 e. The summed E-state index contributed by atoms with van der Waals surface area (Å²) in [4.78, 5) is 23.8. The number of rotatable bonds is 5. The first-order chi connectivity index (χ1) is 14.6. The van der Waals surface area contributed by atoms with E-state index in [0.29, 0.717) is 11.5 Å². The maximum atomic E-state index is 12.7. The van der Waals surface area contributed by atoms with Crippen LogP contribution in [0.5, 0.6) is 5.75 Å². The van der Waals surface area contributed by atoms with Gasteiger partial charge in [-0.05, 0) is 62.1 Å². The zero-order chi connectivity index (χ0) is 20.7. The number of amides is 1. The molecule has 152 valence electrons. The van der Waals surface area contributed by atoms with E-state index in [1.165, 1.54) is 16.9 Å². The second kappa shape index (κ2) is 7.53. The van der Waals surface area contributed by atoms with Crippen LogP contribution in [0.1, 0.15) is 45.3 Å². The minimum absolute atomic E-state index is 0.0715. The summed E-state index contributed by atoms with van der Waals surface area (Å²) in [5.41, 5.74) is 3.77. The lowest BCUT2D eigenvalue weighted by molar-refractivity contribution is 0.0942. The van der Waals surface area contributed by atoms with Crippen molar-refractivity contribution in [1.29, 1.82) is 0 Å². The van der Waals surface area contributed by atoms with Crippen molar-refractivity contribution in [1.82, 2.24) is 24.9 Å². The van der Waals surface area contributed by atoms with E-state index in [2.05, 4.69) is 20.4 Å². The van der Waals surface area contributed by atoms with Gasteiger partial charge in [0.15, 0.2) is 11.5 Å². The average Bonchev–Trinajstić information content (AvgIpc) is 3.47. The van der Waals surface area contributed by atoms with Gasteiger partial charge in [0, 0.05) is 16.5 Å². The maximum Gasteiger partial charge on any atom is 0.261 e. The van der Waals surface area contributed by atoms with E-state index >= 15 is 0 Å². The number of hydrogen-bond donors (Lipinski definition) is 1. The lowest BCUT2D eigenvalue weighted by atomic mass is 10.1. The highest BCUT2D eigenvalue weighted by atomic mass is 32.1. The van der Waals surface area contributed by atoms with Crippen LogP contribution in [0.3, 0.4) is 0 Å². The first kappa shape index (κ1) is 18.7. The summed E-state index contributed by atoms with van der Waals surface area (Å²) >= 11 is 1.60. The number of aryl methyl sites for hydroxylation is 2. The second-order valence-electron chi connectivity index (χ2n) is 7.38. The maximum absolute atomic E-state index is 12.7. The number of aromatic nitrogens is 4. The van der Waals surface area contributed by atoms with E-state index in [9.17, 15) is 4.79 Å². The molecule has 4 aromatic rings. The Balaban J connectivity index is 1.35. The summed E-state index contributed by atoms with van der Waals surface area (Å²) < 4.78 is 6.84. The van der Waals surface area contributed by atoms with Crippen LogP contribution in [0.2, 0.25) is 0 Å². The molecule has 1 aliphatic carbocycles. The quantitative estimate of drug-likeness (QED) is 0.532. The first-order valence-electron chi connectivity index (χ1n) is 9.90. The molecule has 0 radical (unpaired) electrons. The third-order valence-corrected chi connectivity index (χ3v) is 6.57. The number of carbonyl (C=O) groups excluding carboxylic acids is 1. The molecule has 0 spiro atoms. The standard InChI is InChI=1S/C22H21N5O2S/c1-13(24-22(28)19-10-15-4-3-5-18(15)30-19)21-25-20-11-17(23-12-27(20)26-21)14-6-8-16(29-2)9-7-14/h6-13H,3-5H2,1-2H3,(H,24,28)/t13-/m0/s1. The van der Waals surface area contributed by atoms with Gasteiger partial charge in [0.2, 0.25) is 0 Å². The van der Waals surface area contributed by atoms with E-state index in [0.717, 1.165) is 34.7 Å². The molecule has 1 aliphatic rings. The normalized spacial score (nSPS) is 13.9. The van der Waals surface area contributed by atoms with Crippen LogP contribution in [-0.2, 0) is 12.8 Å². The molecule has 3 heterocycles. The fraction of sp³-hybridized carbons (Fsp3) is 0.273. The Bertz CT molecular complexity index is 1210. The van der Waals surface area contributed by atoms with Gasteiger partial charge in [-0.3, -0.25) is 4.79 Å². The highest BCUT2D eigenvalue weighted by Gasteiger charge is 2.21. The molecular weight excluding hydrogens is 398 g/mol. The minimum atomic E-state index is -0.307. The zero-order valence-corrected chi connectivity index (χ0v) is 17.6. The van der Waals surface area contributed by atoms with Crippen molar-refractivity contribution in [3.8, 4) is 17.0 Å². The molecule has 0 fully saturated rings. The van der Waals surface area contributed by atoms with Crippen molar-refractivity contribution in [3.05, 3.63) is 63.9 Å². The molecule has 0 saturated heterocycles. The predicted octanol–water partition coefficient (Wildman–Crippen LogP) is 3.84. The summed E-state index contributed by atoms with van der Waals surface area (Å²) in [6.07, 6.45) is 4.99. The molecule has 0 aliphatic heterocycles. The Morgan fingerprint density at radius 2 is 2.07 bits per heavy atom.